The number of aryl methyl sites for hydroxylation is 1. The summed E-state index contributed by atoms with van der Waals surface area (Å²) in [5, 5.41) is 11.2. The number of carbonyl (C=O) groups excluding carboxylic acids is 1. The Hall–Kier alpha value is -1.56. The van der Waals surface area contributed by atoms with E-state index in [0.29, 0.717) is 5.75 Å². The van der Waals surface area contributed by atoms with Gasteiger partial charge in [-0.15, -0.1) is 0 Å². The first kappa shape index (κ1) is 14.5. The third kappa shape index (κ3) is 4.37. The predicted octanol–water partition coefficient (Wildman–Crippen LogP) is 1.73. The standard InChI is InChI=1S/C12H14BrNO4/c1-7-3-4-9(13)5-11(7)18-6-10(12(16)17)14-8(2)15/h3-5,10H,6H2,1-2H3,(H,14,15)(H,16,17). The number of benzene rings is 1. The quantitative estimate of drug-likeness (QED) is 0.867. The van der Waals surface area contributed by atoms with Crippen LogP contribution in [0.15, 0.2) is 22.7 Å². The molecular weight excluding hydrogens is 302 g/mol. The highest BCUT2D eigenvalue weighted by molar-refractivity contribution is 9.10. The summed E-state index contributed by atoms with van der Waals surface area (Å²) < 4.78 is 6.26. The summed E-state index contributed by atoms with van der Waals surface area (Å²) in [6, 6.07) is 4.42. The van der Waals surface area contributed by atoms with Crippen molar-refractivity contribution in [2.24, 2.45) is 0 Å². The van der Waals surface area contributed by atoms with Crippen LogP contribution >= 0.6 is 15.9 Å². The number of halogens is 1. The molecule has 5 nitrogen and oxygen atoms in total. The van der Waals surface area contributed by atoms with Crippen LogP contribution in [0.3, 0.4) is 0 Å². The molecule has 0 radical (unpaired) electrons. The van der Waals surface area contributed by atoms with Crippen molar-refractivity contribution >= 4 is 27.8 Å². The van der Waals surface area contributed by atoms with E-state index in [1.165, 1.54) is 6.92 Å². The molecular formula is C12H14BrNO4. The van der Waals surface area contributed by atoms with Crippen LogP contribution in [-0.2, 0) is 9.59 Å². The highest BCUT2D eigenvalue weighted by Crippen LogP contribution is 2.22. The molecule has 0 saturated heterocycles. The third-order valence-corrected chi connectivity index (χ3v) is 2.72. The van der Waals surface area contributed by atoms with Gasteiger partial charge in [0, 0.05) is 11.4 Å². The van der Waals surface area contributed by atoms with Crippen molar-refractivity contribution in [3.05, 3.63) is 28.2 Å². The Kier molecular flexibility index (Phi) is 5.15. The summed E-state index contributed by atoms with van der Waals surface area (Å²) in [5.41, 5.74) is 0.894. The number of ether oxygens (including phenoxy) is 1. The second kappa shape index (κ2) is 6.39. The maximum atomic E-state index is 10.9. The average molecular weight is 316 g/mol. The Balaban J connectivity index is 2.69. The molecule has 1 amide bonds. The van der Waals surface area contributed by atoms with Crippen LogP contribution in [0.1, 0.15) is 12.5 Å². The zero-order chi connectivity index (χ0) is 13.7. The average Bonchev–Trinajstić information content (AvgIpc) is 2.27. The van der Waals surface area contributed by atoms with Gasteiger partial charge in [-0.3, -0.25) is 4.79 Å². The molecule has 18 heavy (non-hydrogen) atoms. The van der Waals surface area contributed by atoms with Crippen molar-refractivity contribution in [1.29, 1.82) is 0 Å². The zero-order valence-electron chi connectivity index (χ0n) is 10.1. The minimum absolute atomic E-state index is 0.119. The van der Waals surface area contributed by atoms with Crippen LogP contribution in [0.5, 0.6) is 5.75 Å². The topological polar surface area (TPSA) is 75.6 Å². The lowest BCUT2D eigenvalue weighted by atomic mass is 10.2. The van der Waals surface area contributed by atoms with E-state index in [0.717, 1.165) is 10.0 Å². The summed E-state index contributed by atoms with van der Waals surface area (Å²) in [6.45, 7) is 3.00. The molecule has 0 spiro atoms. The Labute approximate surface area is 113 Å². The molecule has 1 aromatic carbocycles. The first-order valence-electron chi connectivity index (χ1n) is 5.29. The number of hydrogen-bond acceptors (Lipinski definition) is 3. The van der Waals surface area contributed by atoms with Crippen molar-refractivity contribution in [1.82, 2.24) is 5.32 Å². The Morgan fingerprint density at radius 2 is 2.17 bits per heavy atom. The second-order valence-electron chi connectivity index (χ2n) is 3.81. The van der Waals surface area contributed by atoms with E-state index >= 15 is 0 Å². The van der Waals surface area contributed by atoms with Crippen LogP contribution in [0.25, 0.3) is 0 Å². The van der Waals surface area contributed by atoms with Gasteiger partial charge in [-0.05, 0) is 24.6 Å². The first-order chi connectivity index (χ1) is 8.40. The van der Waals surface area contributed by atoms with Crippen molar-refractivity contribution in [2.75, 3.05) is 6.61 Å². The lowest BCUT2D eigenvalue weighted by molar-refractivity contribution is -0.142. The number of carboxylic acid groups (broad SMARTS) is 1. The lowest BCUT2D eigenvalue weighted by Gasteiger charge is -2.15. The molecule has 0 heterocycles. The number of aliphatic carboxylic acids is 1. The Morgan fingerprint density at radius 1 is 1.50 bits per heavy atom. The lowest BCUT2D eigenvalue weighted by Crippen LogP contribution is -2.43. The monoisotopic (exact) mass is 315 g/mol. The van der Waals surface area contributed by atoms with E-state index in [9.17, 15) is 9.59 Å². The van der Waals surface area contributed by atoms with Crippen molar-refractivity contribution in [3.63, 3.8) is 0 Å². The normalized spacial score (nSPS) is 11.7. The molecule has 1 unspecified atom stereocenters. The van der Waals surface area contributed by atoms with Crippen molar-refractivity contribution in [2.45, 2.75) is 19.9 Å². The summed E-state index contributed by atoms with van der Waals surface area (Å²) >= 11 is 3.31. The molecule has 0 saturated carbocycles. The highest BCUT2D eigenvalue weighted by atomic mass is 79.9. The molecule has 1 rings (SSSR count). The fraction of sp³-hybridized carbons (Fsp3) is 0.333. The maximum absolute atomic E-state index is 10.9. The van der Waals surface area contributed by atoms with Crippen molar-refractivity contribution in [3.8, 4) is 5.75 Å². The molecule has 2 N–H and O–H groups in total. The van der Waals surface area contributed by atoms with Crippen LogP contribution in [0, 0.1) is 6.92 Å². The van der Waals surface area contributed by atoms with Gasteiger partial charge in [-0.1, -0.05) is 22.0 Å². The largest absolute Gasteiger partial charge is 0.490 e. The molecule has 0 bridgehead atoms. The highest BCUT2D eigenvalue weighted by Gasteiger charge is 2.19. The summed E-state index contributed by atoms with van der Waals surface area (Å²) in [6.07, 6.45) is 0. The van der Waals surface area contributed by atoms with Crippen molar-refractivity contribution < 1.29 is 19.4 Å². The van der Waals surface area contributed by atoms with Gasteiger partial charge in [-0.25, -0.2) is 4.79 Å². The molecule has 1 atom stereocenters. The van der Waals surface area contributed by atoms with Crippen LogP contribution in [0.2, 0.25) is 0 Å². The fourth-order valence-electron chi connectivity index (χ4n) is 1.32. The second-order valence-corrected chi connectivity index (χ2v) is 4.73. The minimum atomic E-state index is -1.13. The Bertz CT molecular complexity index is 461. The van der Waals surface area contributed by atoms with Gasteiger partial charge in [0.2, 0.25) is 5.91 Å². The molecule has 98 valence electrons. The van der Waals surface area contributed by atoms with Gasteiger partial charge in [0.05, 0.1) is 0 Å². The minimum Gasteiger partial charge on any atom is -0.490 e. The molecule has 0 aliphatic carbocycles. The van der Waals surface area contributed by atoms with E-state index in [4.69, 9.17) is 9.84 Å². The van der Waals surface area contributed by atoms with E-state index in [2.05, 4.69) is 21.2 Å². The molecule has 0 aliphatic heterocycles. The van der Waals surface area contributed by atoms with Crippen LogP contribution in [0.4, 0.5) is 0 Å². The van der Waals surface area contributed by atoms with Gasteiger partial charge < -0.3 is 15.2 Å². The molecule has 0 fully saturated rings. The van der Waals surface area contributed by atoms with Gasteiger partial charge in [0.25, 0.3) is 0 Å². The van der Waals surface area contributed by atoms with Gasteiger partial charge >= 0.3 is 5.97 Å². The molecule has 0 aromatic heterocycles. The molecule has 0 aliphatic rings. The van der Waals surface area contributed by atoms with Gasteiger partial charge in [0.15, 0.2) is 6.04 Å². The van der Waals surface area contributed by atoms with Gasteiger partial charge in [-0.2, -0.15) is 0 Å². The van der Waals surface area contributed by atoms with E-state index in [1.54, 1.807) is 6.07 Å². The smallest absolute Gasteiger partial charge is 0.329 e. The summed E-state index contributed by atoms with van der Waals surface area (Å²) in [5.74, 6) is -0.948. The summed E-state index contributed by atoms with van der Waals surface area (Å²) in [7, 11) is 0. The SMILES string of the molecule is CC(=O)NC(COc1cc(Br)ccc1C)C(=O)O. The van der Waals surface area contributed by atoms with Gasteiger partial charge in [0.1, 0.15) is 12.4 Å². The number of hydrogen-bond donors (Lipinski definition) is 2. The number of amides is 1. The predicted molar refractivity (Wildman–Crippen MR) is 69.6 cm³/mol. The molecule has 6 heteroatoms. The van der Waals surface area contributed by atoms with Crippen LogP contribution < -0.4 is 10.1 Å². The summed E-state index contributed by atoms with van der Waals surface area (Å²) in [4.78, 5) is 21.8. The zero-order valence-corrected chi connectivity index (χ0v) is 11.7. The number of rotatable bonds is 5. The van der Waals surface area contributed by atoms with E-state index < -0.39 is 17.9 Å². The first-order valence-corrected chi connectivity index (χ1v) is 6.08. The Morgan fingerprint density at radius 3 is 2.72 bits per heavy atom. The van der Waals surface area contributed by atoms with E-state index in [1.807, 2.05) is 19.1 Å². The fourth-order valence-corrected chi connectivity index (χ4v) is 1.66. The third-order valence-electron chi connectivity index (χ3n) is 2.23. The number of carbonyl (C=O) groups is 2. The number of carboxylic acids is 1. The van der Waals surface area contributed by atoms with Crippen LogP contribution in [-0.4, -0.2) is 29.6 Å². The van der Waals surface area contributed by atoms with E-state index in [-0.39, 0.29) is 6.61 Å². The maximum Gasteiger partial charge on any atom is 0.329 e. The molecule has 1 aromatic rings. The number of nitrogens with one attached hydrogen (secondary N) is 1.